The van der Waals surface area contributed by atoms with Crippen LogP contribution in [0.2, 0.25) is 10.0 Å². The second-order valence-electron chi connectivity index (χ2n) is 9.14. The van der Waals surface area contributed by atoms with Crippen molar-refractivity contribution in [2.75, 3.05) is 50.9 Å². The molecule has 0 radical (unpaired) electrons. The first-order chi connectivity index (χ1) is 18.5. The Kier molecular flexibility index (Phi) is 11.6. The van der Waals surface area contributed by atoms with Gasteiger partial charge in [0, 0.05) is 54.8 Å². The van der Waals surface area contributed by atoms with Crippen LogP contribution in [0.15, 0.2) is 61.2 Å². The third kappa shape index (κ3) is 7.46. The topological polar surface area (TPSA) is 78.3 Å². The number of imidazole rings is 1. The van der Waals surface area contributed by atoms with Crippen molar-refractivity contribution < 1.29 is 23.7 Å². The van der Waals surface area contributed by atoms with Gasteiger partial charge in [0.1, 0.15) is 18.5 Å². The minimum atomic E-state index is -1.09. The number of aromatic nitrogens is 2. The molecule has 3 heterocycles. The molecule has 0 N–H and O–H groups in total. The second-order valence-corrected chi connectivity index (χ2v) is 9.98. The van der Waals surface area contributed by atoms with E-state index in [1.54, 1.807) is 29.6 Å². The number of piperazine rings is 1. The van der Waals surface area contributed by atoms with Crippen LogP contribution in [-0.2, 0) is 26.5 Å². The molecule has 2 saturated heterocycles. The number of hydrogen-bond donors (Lipinski definition) is 0. The Morgan fingerprint density at radius 1 is 1.10 bits per heavy atom. The Bertz CT molecular complexity index is 1230. The van der Waals surface area contributed by atoms with Crippen LogP contribution >= 0.6 is 48.0 Å². The van der Waals surface area contributed by atoms with Crippen molar-refractivity contribution in [1.82, 2.24) is 14.5 Å². The zero-order valence-corrected chi connectivity index (χ0v) is 25.1. The van der Waals surface area contributed by atoms with Gasteiger partial charge in [-0.25, -0.2) is 9.78 Å². The quantitative estimate of drug-likeness (QED) is 0.317. The van der Waals surface area contributed by atoms with Gasteiger partial charge >= 0.3 is 6.09 Å². The van der Waals surface area contributed by atoms with Crippen molar-refractivity contribution >= 4 is 59.8 Å². The fraction of sp³-hybridized carbons (Fsp3) is 0.407. The first kappa shape index (κ1) is 32.1. The van der Waals surface area contributed by atoms with E-state index >= 15 is 0 Å². The molecule has 0 spiro atoms. The summed E-state index contributed by atoms with van der Waals surface area (Å²) in [6.45, 7) is 6.00. The molecule has 218 valence electrons. The number of hydrogen-bond acceptors (Lipinski definition) is 7. The SMILES string of the molecule is CCOC(=O)N1CCN(c2ccc(OCC3COC(Cn4ccnc4)(c4ccc(Cl)cc4Cl)O3)cc2)CC1.Cl.Cl. The highest BCUT2D eigenvalue weighted by Gasteiger charge is 2.45. The minimum Gasteiger partial charge on any atom is -0.491 e. The fourth-order valence-corrected chi connectivity index (χ4v) is 5.23. The van der Waals surface area contributed by atoms with Gasteiger partial charge in [-0.3, -0.25) is 0 Å². The number of benzene rings is 2. The first-order valence-corrected chi connectivity index (χ1v) is 13.3. The number of nitrogens with zero attached hydrogens (tertiary/aromatic N) is 4. The molecule has 9 nitrogen and oxygen atoms in total. The molecule has 1 amide bonds. The summed E-state index contributed by atoms with van der Waals surface area (Å²) < 4.78 is 25.7. The van der Waals surface area contributed by atoms with Crippen LogP contribution in [0.1, 0.15) is 12.5 Å². The highest BCUT2D eigenvalue weighted by molar-refractivity contribution is 6.35. The van der Waals surface area contributed by atoms with Gasteiger partial charge < -0.3 is 33.3 Å². The Morgan fingerprint density at radius 2 is 1.85 bits per heavy atom. The van der Waals surface area contributed by atoms with Crippen LogP contribution in [0.25, 0.3) is 0 Å². The highest BCUT2D eigenvalue weighted by atomic mass is 35.5. The third-order valence-corrected chi connectivity index (χ3v) is 7.14. The number of halogens is 4. The third-order valence-electron chi connectivity index (χ3n) is 6.59. The molecule has 3 aromatic rings. The van der Waals surface area contributed by atoms with E-state index in [0.29, 0.717) is 55.1 Å². The normalized spacial score (nSPS) is 20.4. The molecule has 40 heavy (non-hydrogen) atoms. The number of ether oxygens (including phenoxy) is 4. The monoisotopic (exact) mass is 632 g/mol. The van der Waals surface area contributed by atoms with Crippen LogP contribution < -0.4 is 9.64 Å². The predicted molar refractivity (Wildman–Crippen MR) is 158 cm³/mol. The van der Waals surface area contributed by atoms with Gasteiger partial charge in [0.25, 0.3) is 0 Å². The van der Waals surface area contributed by atoms with Crippen molar-refractivity contribution in [1.29, 1.82) is 0 Å². The van der Waals surface area contributed by atoms with E-state index < -0.39 is 5.79 Å². The van der Waals surface area contributed by atoms with Crippen LogP contribution in [-0.4, -0.2) is 72.6 Å². The Labute approximate surface area is 256 Å². The maximum absolute atomic E-state index is 11.9. The number of amides is 1. The first-order valence-electron chi connectivity index (χ1n) is 12.6. The molecule has 2 aliphatic heterocycles. The Morgan fingerprint density at radius 3 is 2.50 bits per heavy atom. The second kappa shape index (κ2) is 14.5. The number of anilines is 1. The molecule has 1 aromatic heterocycles. The number of carbonyl (C=O) groups is 1. The highest BCUT2D eigenvalue weighted by Crippen LogP contribution is 2.40. The zero-order valence-electron chi connectivity index (χ0n) is 21.9. The molecule has 2 aliphatic rings. The number of carbonyl (C=O) groups excluding carboxylic acids is 1. The summed E-state index contributed by atoms with van der Waals surface area (Å²) in [6, 6.07) is 13.2. The van der Waals surface area contributed by atoms with Crippen LogP contribution in [0, 0.1) is 0 Å². The molecule has 13 heteroatoms. The van der Waals surface area contributed by atoms with Gasteiger partial charge in [-0.05, 0) is 43.3 Å². The van der Waals surface area contributed by atoms with Crippen molar-refractivity contribution in [3.05, 3.63) is 76.8 Å². The van der Waals surface area contributed by atoms with Crippen molar-refractivity contribution in [2.45, 2.75) is 25.4 Å². The average Bonchev–Trinajstić information content (AvgIpc) is 3.59. The molecule has 2 unspecified atom stereocenters. The van der Waals surface area contributed by atoms with Gasteiger partial charge in [-0.1, -0.05) is 29.3 Å². The molecule has 2 fully saturated rings. The van der Waals surface area contributed by atoms with E-state index in [-0.39, 0.29) is 37.0 Å². The molecular weight excluding hydrogens is 602 g/mol. The zero-order chi connectivity index (χ0) is 26.5. The van der Waals surface area contributed by atoms with Crippen LogP contribution in [0.4, 0.5) is 10.5 Å². The maximum atomic E-state index is 11.9. The van der Waals surface area contributed by atoms with E-state index in [1.807, 2.05) is 48.0 Å². The predicted octanol–water partition coefficient (Wildman–Crippen LogP) is 5.66. The molecule has 0 bridgehead atoms. The molecule has 0 saturated carbocycles. The van der Waals surface area contributed by atoms with Gasteiger partial charge in [0.05, 0.1) is 31.1 Å². The molecule has 2 aromatic carbocycles. The molecule has 0 aliphatic carbocycles. The summed E-state index contributed by atoms with van der Waals surface area (Å²) in [5.74, 6) is -0.356. The van der Waals surface area contributed by atoms with Crippen molar-refractivity contribution in [3.8, 4) is 5.75 Å². The lowest BCUT2D eigenvalue weighted by Gasteiger charge is -2.35. The van der Waals surface area contributed by atoms with Gasteiger partial charge in [0.2, 0.25) is 5.79 Å². The Balaban J connectivity index is 0.00000220. The number of rotatable bonds is 8. The summed E-state index contributed by atoms with van der Waals surface area (Å²) in [5, 5.41) is 1.01. The molecule has 5 rings (SSSR count). The van der Waals surface area contributed by atoms with Gasteiger partial charge in [-0.2, -0.15) is 0 Å². The summed E-state index contributed by atoms with van der Waals surface area (Å²) >= 11 is 12.7. The summed E-state index contributed by atoms with van der Waals surface area (Å²) in [5.41, 5.74) is 1.78. The summed E-state index contributed by atoms with van der Waals surface area (Å²) in [7, 11) is 0. The fourth-order valence-electron chi connectivity index (χ4n) is 4.68. The smallest absolute Gasteiger partial charge is 0.409 e. The summed E-state index contributed by atoms with van der Waals surface area (Å²) in [6.07, 6.45) is 4.71. The van der Waals surface area contributed by atoms with E-state index in [1.165, 1.54) is 0 Å². The van der Waals surface area contributed by atoms with E-state index in [2.05, 4.69) is 9.88 Å². The maximum Gasteiger partial charge on any atom is 0.409 e. The lowest BCUT2D eigenvalue weighted by atomic mass is 10.1. The standard InChI is InChI=1S/C27H30Cl2N4O5.2ClH/c1-2-35-26(34)33-13-11-32(12-14-33)21-4-6-22(7-5-21)36-16-23-17-37-27(38-23,18-31-10-9-30-19-31)24-8-3-20(28)15-25(24)29;;/h3-10,15,19,23H,2,11-14,16-18H2,1H3;2*1H. The lowest BCUT2D eigenvalue weighted by Crippen LogP contribution is -2.48. The van der Waals surface area contributed by atoms with Crippen LogP contribution in [0.3, 0.4) is 0 Å². The van der Waals surface area contributed by atoms with E-state index in [9.17, 15) is 4.79 Å². The Hall–Kier alpha value is -2.40. The largest absolute Gasteiger partial charge is 0.491 e. The molecular formula is C27H32Cl4N4O5. The van der Waals surface area contributed by atoms with Gasteiger partial charge in [-0.15, -0.1) is 24.8 Å². The van der Waals surface area contributed by atoms with Gasteiger partial charge in [0.15, 0.2) is 0 Å². The lowest BCUT2D eigenvalue weighted by molar-refractivity contribution is -0.189. The van der Waals surface area contributed by atoms with E-state index in [0.717, 1.165) is 24.5 Å². The van der Waals surface area contributed by atoms with Crippen molar-refractivity contribution in [2.24, 2.45) is 0 Å². The average molecular weight is 634 g/mol. The van der Waals surface area contributed by atoms with Crippen molar-refractivity contribution in [3.63, 3.8) is 0 Å². The molecule has 2 atom stereocenters. The minimum absolute atomic E-state index is 0. The summed E-state index contributed by atoms with van der Waals surface area (Å²) in [4.78, 5) is 20.0. The van der Waals surface area contributed by atoms with E-state index in [4.69, 9.17) is 42.1 Å². The van der Waals surface area contributed by atoms with Crippen LogP contribution in [0.5, 0.6) is 5.75 Å².